The minimum Gasteiger partial charge on any atom is -0.367 e. The van der Waals surface area contributed by atoms with Gasteiger partial charge in [0.25, 0.3) is 0 Å². The number of carbonyl (C=O) groups excluding carboxylic acids is 1. The van der Waals surface area contributed by atoms with E-state index in [0.717, 1.165) is 12.1 Å². The van der Waals surface area contributed by atoms with Crippen LogP contribution in [0.1, 0.15) is 36.7 Å². The Balaban J connectivity index is 2.11. The second-order valence-corrected chi connectivity index (χ2v) is 5.76. The molecule has 1 atom stereocenters. The molecule has 0 spiro atoms. The molecule has 2 rings (SSSR count). The lowest BCUT2D eigenvalue weighted by molar-refractivity contribution is 0.0269. The minimum atomic E-state index is -0.334. The quantitative estimate of drug-likeness (QED) is 0.814. The molecular weight excluding hydrogens is 226 g/mol. The number of benzene rings is 1. The maximum Gasteiger partial charge on any atom is 0.192 e. The molecule has 1 saturated heterocycles. The standard InChI is InChI=1S/C15H21NO2/c1-15(2,3)12-6-4-11(5-7-12)14(17)13-10-16-8-9-18-13/h4-7,13,16H,8-10H2,1-3H3. The summed E-state index contributed by atoms with van der Waals surface area (Å²) < 4.78 is 5.48. The minimum absolute atomic E-state index is 0.0719. The smallest absolute Gasteiger partial charge is 0.192 e. The van der Waals surface area contributed by atoms with Gasteiger partial charge in [-0.2, -0.15) is 0 Å². The summed E-state index contributed by atoms with van der Waals surface area (Å²) in [5.74, 6) is 0.0719. The number of morpholine rings is 1. The lowest BCUT2D eigenvalue weighted by Crippen LogP contribution is -2.43. The van der Waals surface area contributed by atoms with Crippen molar-refractivity contribution in [3.05, 3.63) is 35.4 Å². The van der Waals surface area contributed by atoms with Crippen molar-refractivity contribution < 1.29 is 9.53 Å². The van der Waals surface area contributed by atoms with Crippen LogP contribution < -0.4 is 5.32 Å². The molecule has 0 saturated carbocycles. The van der Waals surface area contributed by atoms with Crippen molar-refractivity contribution >= 4 is 5.78 Å². The first-order chi connectivity index (χ1) is 8.48. The summed E-state index contributed by atoms with van der Waals surface area (Å²) in [6.07, 6.45) is -0.334. The Morgan fingerprint density at radius 3 is 2.44 bits per heavy atom. The molecule has 1 aromatic carbocycles. The lowest BCUT2D eigenvalue weighted by Gasteiger charge is -2.23. The van der Waals surface area contributed by atoms with Gasteiger partial charge < -0.3 is 10.1 Å². The highest BCUT2D eigenvalue weighted by atomic mass is 16.5. The van der Waals surface area contributed by atoms with Gasteiger partial charge in [0.05, 0.1) is 6.61 Å². The van der Waals surface area contributed by atoms with E-state index in [1.54, 1.807) is 0 Å². The first-order valence-corrected chi connectivity index (χ1v) is 6.45. The number of ketones is 1. The summed E-state index contributed by atoms with van der Waals surface area (Å²) in [6, 6.07) is 7.87. The van der Waals surface area contributed by atoms with E-state index in [2.05, 4.69) is 26.1 Å². The van der Waals surface area contributed by atoms with Crippen molar-refractivity contribution in [2.75, 3.05) is 19.7 Å². The van der Waals surface area contributed by atoms with E-state index >= 15 is 0 Å². The van der Waals surface area contributed by atoms with Crippen LogP contribution in [0.3, 0.4) is 0 Å². The largest absolute Gasteiger partial charge is 0.367 e. The Morgan fingerprint density at radius 1 is 1.28 bits per heavy atom. The normalized spacial score (nSPS) is 20.7. The van der Waals surface area contributed by atoms with Crippen LogP contribution in [0.2, 0.25) is 0 Å². The van der Waals surface area contributed by atoms with Crippen molar-refractivity contribution in [1.82, 2.24) is 5.32 Å². The van der Waals surface area contributed by atoms with Gasteiger partial charge in [-0.25, -0.2) is 0 Å². The number of rotatable bonds is 2. The molecule has 1 heterocycles. The number of carbonyl (C=O) groups is 1. The van der Waals surface area contributed by atoms with Crippen molar-refractivity contribution in [3.8, 4) is 0 Å². The SMILES string of the molecule is CC(C)(C)c1ccc(C(=O)C2CNCCO2)cc1. The summed E-state index contributed by atoms with van der Waals surface area (Å²) in [4.78, 5) is 12.2. The molecule has 1 fully saturated rings. The van der Waals surface area contributed by atoms with Crippen LogP contribution in [0.4, 0.5) is 0 Å². The summed E-state index contributed by atoms with van der Waals surface area (Å²) in [6.45, 7) is 8.54. The number of Topliss-reactive ketones (excluding diaryl/α,β-unsaturated/α-hetero) is 1. The fourth-order valence-electron chi connectivity index (χ4n) is 2.05. The molecule has 3 nitrogen and oxygen atoms in total. The zero-order chi connectivity index (χ0) is 13.2. The Hall–Kier alpha value is -1.19. The number of nitrogens with one attached hydrogen (secondary N) is 1. The molecule has 0 amide bonds. The van der Waals surface area contributed by atoms with E-state index in [9.17, 15) is 4.79 Å². The molecule has 0 aromatic heterocycles. The van der Waals surface area contributed by atoms with Gasteiger partial charge in [-0.15, -0.1) is 0 Å². The Morgan fingerprint density at radius 2 is 1.94 bits per heavy atom. The van der Waals surface area contributed by atoms with Gasteiger partial charge in [0, 0.05) is 18.7 Å². The molecule has 3 heteroatoms. The second-order valence-electron chi connectivity index (χ2n) is 5.76. The number of hydrogen-bond acceptors (Lipinski definition) is 3. The first kappa shape index (κ1) is 13.2. The average Bonchev–Trinajstić information content (AvgIpc) is 2.38. The van der Waals surface area contributed by atoms with Crippen LogP contribution in [0, 0.1) is 0 Å². The fraction of sp³-hybridized carbons (Fsp3) is 0.533. The highest BCUT2D eigenvalue weighted by Gasteiger charge is 2.23. The third-order valence-electron chi connectivity index (χ3n) is 3.26. The summed E-state index contributed by atoms with van der Waals surface area (Å²) in [7, 11) is 0. The van der Waals surface area contributed by atoms with Crippen LogP contribution in [0.25, 0.3) is 0 Å². The van der Waals surface area contributed by atoms with E-state index in [1.165, 1.54) is 5.56 Å². The van der Waals surface area contributed by atoms with Gasteiger partial charge in [-0.3, -0.25) is 4.79 Å². The van der Waals surface area contributed by atoms with Gasteiger partial charge in [-0.05, 0) is 11.0 Å². The zero-order valence-electron chi connectivity index (χ0n) is 11.3. The van der Waals surface area contributed by atoms with E-state index in [4.69, 9.17) is 4.74 Å². The molecule has 18 heavy (non-hydrogen) atoms. The molecule has 0 radical (unpaired) electrons. The highest BCUT2D eigenvalue weighted by Crippen LogP contribution is 2.22. The Labute approximate surface area is 109 Å². The maximum absolute atomic E-state index is 12.2. The van der Waals surface area contributed by atoms with Crippen LogP contribution in [-0.4, -0.2) is 31.6 Å². The molecule has 1 aliphatic rings. The van der Waals surface area contributed by atoms with E-state index in [1.807, 2.05) is 24.3 Å². The molecule has 1 aromatic rings. The maximum atomic E-state index is 12.2. The van der Waals surface area contributed by atoms with Crippen LogP contribution in [0.15, 0.2) is 24.3 Å². The summed E-state index contributed by atoms with van der Waals surface area (Å²) in [5, 5.41) is 3.18. The lowest BCUT2D eigenvalue weighted by atomic mass is 9.86. The summed E-state index contributed by atoms with van der Waals surface area (Å²) in [5.41, 5.74) is 2.09. The van der Waals surface area contributed by atoms with Gasteiger partial charge in [0.2, 0.25) is 0 Å². The van der Waals surface area contributed by atoms with Crippen molar-refractivity contribution in [3.63, 3.8) is 0 Å². The van der Waals surface area contributed by atoms with Crippen LogP contribution >= 0.6 is 0 Å². The third kappa shape index (κ3) is 2.98. The Kier molecular flexibility index (Phi) is 3.83. The first-order valence-electron chi connectivity index (χ1n) is 6.45. The molecular formula is C15H21NO2. The predicted octanol–water partition coefficient (Wildman–Crippen LogP) is 2.16. The average molecular weight is 247 g/mol. The molecule has 1 unspecified atom stereocenters. The van der Waals surface area contributed by atoms with Gasteiger partial charge in [0.15, 0.2) is 5.78 Å². The molecule has 1 aliphatic heterocycles. The van der Waals surface area contributed by atoms with Crippen molar-refractivity contribution in [2.45, 2.75) is 32.3 Å². The highest BCUT2D eigenvalue weighted by molar-refractivity contribution is 5.99. The fourth-order valence-corrected chi connectivity index (χ4v) is 2.05. The summed E-state index contributed by atoms with van der Waals surface area (Å²) >= 11 is 0. The van der Waals surface area contributed by atoms with Crippen molar-refractivity contribution in [1.29, 1.82) is 0 Å². The van der Waals surface area contributed by atoms with E-state index < -0.39 is 0 Å². The zero-order valence-corrected chi connectivity index (χ0v) is 11.3. The topological polar surface area (TPSA) is 38.3 Å². The van der Waals surface area contributed by atoms with Crippen molar-refractivity contribution in [2.24, 2.45) is 0 Å². The number of hydrogen-bond donors (Lipinski definition) is 1. The molecule has 1 N–H and O–H groups in total. The molecule has 0 aliphatic carbocycles. The van der Waals surface area contributed by atoms with Gasteiger partial charge >= 0.3 is 0 Å². The molecule has 0 bridgehead atoms. The van der Waals surface area contributed by atoms with Gasteiger partial charge in [-0.1, -0.05) is 45.0 Å². The number of ether oxygens (including phenoxy) is 1. The third-order valence-corrected chi connectivity index (χ3v) is 3.26. The van der Waals surface area contributed by atoms with E-state index in [0.29, 0.717) is 13.2 Å². The van der Waals surface area contributed by atoms with E-state index in [-0.39, 0.29) is 17.3 Å². The predicted molar refractivity (Wildman–Crippen MR) is 72.1 cm³/mol. The second kappa shape index (κ2) is 5.21. The van der Waals surface area contributed by atoms with Crippen LogP contribution in [-0.2, 0) is 10.2 Å². The molecule has 98 valence electrons. The van der Waals surface area contributed by atoms with Crippen LogP contribution in [0.5, 0.6) is 0 Å². The van der Waals surface area contributed by atoms with Gasteiger partial charge in [0.1, 0.15) is 6.10 Å². The monoisotopic (exact) mass is 247 g/mol. The Bertz CT molecular complexity index is 411.